The van der Waals surface area contributed by atoms with Gasteiger partial charge < -0.3 is 9.47 Å². The summed E-state index contributed by atoms with van der Waals surface area (Å²) < 4.78 is 11.1. The maximum atomic E-state index is 12.8. The van der Waals surface area contributed by atoms with Crippen molar-refractivity contribution < 1.29 is 14.3 Å². The second-order valence-electron chi connectivity index (χ2n) is 6.15. The lowest BCUT2D eigenvalue weighted by Gasteiger charge is -2.16. The van der Waals surface area contributed by atoms with E-state index in [0.717, 1.165) is 28.2 Å². The van der Waals surface area contributed by atoms with Gasteiger partial charge in [0.05, 0.1) is 26.0 Å². The number of thioether (sulfide) groups is 1. The van der Waals surface area contributed by atoms with Gasteiger partial charge in [0.15, 0.2) is 0 Å². The first-order chi connectivity index (χ1) is 12.5. The molecule has 0 N–H and O–H groups in total. The summed E-state index contributed by atoms with van der Waals surface area (Å²) in [6.07, 6.45) is 0.660. The van der Waals surface area contributed by atoms with Crippen LogP contribution in [0.5, 0.6) is 11.5 Å². The lowest BCUT2D eigenvalue weighted by molar-refractivity contribution is -0.126. The molecule has 1 amide bonds. The van der Waals surface area contributed by atoms with Gasteiger partial charge in [-0.15, -0.1) is 0 Å². The molecule has 0 radical (unpaired) electrons. The van der Waals surface area contributed by atoms with Crippen LogP contribution in [0.15, 0.2) is 42.5 Å². The molecule has 1 saturated heterocycles. The van der Waals surface area contributed by atoms with E-state index in [0.29, 0.717) is 17.3 Å². The molecule has 0 spiro atoms. The van der Waals surface area contributed by atoms with Crippen molar-refractivity contribution in [1.82, 2.24) is 4.90 Å². The summed E-state index contributed by atoms with van der Waals surface area (Å²) in [6.45, 7) is 2.50. The van der Waals surface area contributed by atoms with Gasteiger partial charge in [0, 0.05) is 0 Å². The molecule has 0 bridgehead atoms. The smallest absolute Gasteiger partial charge is 0.242 e. The third kappa shape index (κ3) is 4.02. The minimum atomic E-state index is -0.173. The highest BCUT2D eigenvalue weighted by Crippen LogP contribution is 2.32. The van der Waals surface area contributed by atoms with Gasteiger partial charge in [0.25, 0.3) is 0 Å². The number of nitrogens with zero attached hydrogens (tertiary/aromatic N) is 1. The van der Waals surface area contributed by atoms with E-state index >= 15 is 0 Å². The first kappa shape index (κ1) is 18.7. The van der Waals surface area contributed by atoms with Crippen molar-refractivity contribution in [1.29, 1.82) is 0 Å². The van der Waals surface area contributed by atoms with Crippen molar-refractivity contribution in [2.75, 3.05) is 14.2 Å². The monoisotopic (exact) mass is 387 g/mol. The predicted octanol–water partition coefficient (Wildman–Crippen LogP) is 3.98. The fourth-order valence-corrected chi connectivity index (χ4v) is 4.50. The van der Waals surface area contributed by atoms with Gasteiger partial charge in [0.2, 0.25) is 5.91 Å². The average Bonchev–Trinajstić information content (AvgIpc) is 2.90. The Morgan fingerprint density at radius 2 is 1.77 bits per heavy atom. The van der Waals surface area contributed by atoms with Crippen LogP contribution < -0.4 is 9.47 Å². The van der Waals surface area contributed by atoms with Crippen LogP contribution in [0.4, 0.5) is 0 Å². The molecule has 1 heterocycles. The summed E-state index contributed by atoms with van der Waals surface area (Å²) in [5.41, 5.74) is 3.21. The zero-order valence-electron chi connectivity index (χ0n) is 15.0. The van der Waals surface area contributed by atoms with Gasteiger partial charge in [-0.25, -0.2) is 0 Å². The molecule has 0 aliphatic carbocycles. The molecule has 1 fully saturated rings. The Morgan fingerprint density at radius 1 is 1.08 bits per heavy atom. The number of hydrogen-bond donors (Lipinski definition) is 0. The molecule has 6 heteroatoms. The van der Waals surface area contributed by atoms with Crippen LogP contribution in [0.25, 0.3) is 0 Å². The van der Waals surface area contributed by atoms with Crippen molar-refractivity contribution in [2.24, 2.45) is 0 Å². The number of carbonyl (C=O) groups is 1. The topological polar surface area (TPSA) is 38.8 Å². The maximum absolute atomic E-state index is 12.8. The molecule has 0 aromatic heterocycles. The fourth-order valence-electron chi connectivity index (χ4n) is 2.97. The summed E-state index contributed by atoms with van der Waals surface area (Å²) in [6, 6.07) is 13.7. The van der Waals surface area contributed by atoms with Crippen LogP contribution in [0, 0.1) is 6.92 Å². The summed E-state index contributed by atoms with van der Waals surface area (Å²) >= 11 is 6.92. The summed E-state index contributed by atoms with van der Waals surface area (Å²) in [4.78, 5) is 14.5. The Kier molecular flexibility index (Phi) is 5.84. The quantitative estimate of drug-likeness (QED) is 0.701. The van der Waals surface area contributed by atoms with Crippen LogP contribution in [0.1, 0.15) is 16.7 Å². The average molecular weight is 388 g/mol. The Hall–Kier alpha value is -2.05. The molecular weight excluding hydrogens is 366 g/mol. The molecule has 136 valence electrons. The maximum Gasteiger partial charge on any atom is 0.242 e. The Labute approximate surface area is 163 Å². The SMILES string of the molecule is COc1ccc(CN2C(=O)[C@@H](Cc3ccc(OC)c(C)c3)SC2=S)cc1. The van der Waals surface area contributed by atoms with Crippen molar-refractivity contribution in [3.63, 3.8) is 0 Å². The second kappa shape index (κ2) is 8.10. The first-order valence-electron chi connectivity index (χ1n) is 8.30. The largest absolute Gasteiger partial charge is 0.497 e. The molecule has 26 heavy (non-hydrogen) atoms. The molecule has 4 nitrogen and oxygen atoms in total. The molecule has 1 aliphatic rings. The van der Waals surface area contributed by atoms with E-state index in [-0.39, 0.29) is 11.2 Å². The highest BCUT2D eigenvalue weighted by molar-refractivity contribution is 8.24. The Balaban J connectivity index is 1.69. The van der Waals surface area contributed by atoms with E-state index in [4.69, 9.17) is 21.7 Å². The van der Waals surface area contributed by atoms with Gasteiger partial charge in [-0.1, -0.05) is 48.2 Å². The zero-order chi connectivity index (χ0) is 18.7. The van der Waals surface area contributed by atoms with E-state index in [1.54, 1.807) is 19.1 Å². The molecule has 3 rings (SSSR count). The number of hydrogen-bond acceptors (Lipinski definition) is 5. The van der Waals surface area contributed by atoms with Crippen LogP contribution in [0.3, 0.4) is 0 Å². The number of ether oxygens (including phenoxy) is 2. The van der Waals surface area contributed by atoms with Crippen LogP contribution in [-0.2, 0) is 17.8 Å². The van der Waals surface area contributed by atoms with E-state index in [1.807, 2.05) is 43.3 Å². The molecule has 0 saturated carbocycles. The number of carbonyl (C=O) groups excluding carboxylic acids is 1. The van der Waals surface area contributed by atoms with Crippen LogP contribution in [0.2, 0.25) is 0 Å². The normalized spacial score (nSPS) is 16.9. The lowest BCUT2D eigenvalue weighted by atomic mass is 10.1. The number of thiocarbonyl (C=S) groups is 1. The molecule has 1 atom stereocenters. The number of amides is 1. The fraction of sp³-hybridized carbons (Fsp3) is 0.300. The van der Waals surface area contributed by atoms with E-state index in [1.165, 1.54) is 11.8 Å². The third-order valence-corrected chi connectivity index (χ3v) is 5.97. The minimum absolute atomic E-state index is 0.0734. The standard InChI is InChI=1S/C20H21NO3S2/c1-13-10-15(6-9-17(13)24-3)11-18-19(22)21(20(25)26-18)12-14-4-7-16(23-2)8-5-14/h4-10,18H,11-12H2,1-3H3/t18-/m1/s1. The number of aryl methyl sites for hydroxylation is 1. The Bertz CT molecular complexity index is 820. The summed E-state index contributed by atoms with van der Waals surface area (Å²) in [7, 11) is 3.30. The minimum Gasteiger partial charge on any atom is -0.497 e. The summed E-state index contributed by atoms with van der Waals surface area (Å²) in [5, 5.41) is -0.173. The molecule has 0 unspecified atom stereocenters. The van der Waals surface area contributed by atoms with E-state index in [2.05, 4.69) is 6.07 Å². The summed E-state index contributed by atoms with van der Waals surface area (Å²) in [5.74, 6) is 1.73. The van der Waals surface area contributed by atoms with Crippen molar-refractivity contribution in [2.45, 2.75) is 25.1 Å². The van der Waals surface area contributed by atoms with Gasteiger partial charge in [0.1, 0.15) is 15.8 Å². The second-order valence-corrected chi connectivity index (χ2v) is 7.99. The zero-order valence-corrected chi connectivity index (χ0v) is 16.7. The van der Waals surface area contributed by atoms with Gasteiger partial charge in [-0.05, 0) is 48.2 Å². The molecular formula is C20H21NO3S2. The highest BCUT2D eigenvalue weighted by atomic mass is 32.2. The van der Waals surface area contributed by atoms with E-state index in [9.17, 15) is 4.79 Å². The number of rotatable bonds is 6. The number of benzene rings is 2. The van der Waals surface area contributed by atoms with Crippen molar-refractivity contribution in [3.8, 4) is 11.5 Å². The van der Waals surface area contributed by atoms with Gasteiger partial charge >= 0.3 is 0 Å². The van der Waals surface area contributed by atoms with Crippen LogP contribution >= 0.6 is 24.0 Å². The Morgan fingerprint density at radius 3 is 2.38 bits per heavy atom. The molecule has 2 aromatic carbocycles. The van der Waals surface area contributed by atoms with Crippen molar-refractivity contribution in [3.05, 3.63) is 59.2 Å². The highest BCUT2D eigenvalue weighted by Gasteiger charge is 2.36. The van der Waals surface area contributed by atoms with Crippen molar-refractivity contribution >= 4 is 34.2 Å². The lowest BCUT2D eigenvalue weighted by Crippen LogP contribution is -2.31. The number of methoxy groups -OCH3 is 2. The van der Waals surface area contributed by atoms with E-state index < -0.39 is 0 Å². The molecule has 2 aromatic rings. The molecule has 1 aliphatic heterocycles. The van der Waals surface area contributed by atoms with Crippen LogP contribution in [-0.4, -0.2) is 34.6 Å². The van der Waals surface area contributed by atoms with Gasteiger partial charge in [-0.2, -0.15) is 0 Å². The van der Waals surface area contributed by atoms with Gasteiger partial charge in [-0.3, -0.25) is 9.69 Å². The third-order valence-electron chi connectivity index (χ3n) is 4.39. The first-order valence-corrected chi connectivity index (χ1v) is 9.59. The predicted molar refractivity (Wildman–Crippen MR) is 109 cm³/mol.